The van der Waals surface area contributed by atoms with E-state index >= 15 is 0 Å². The summed E-state index contributed by atoms with van der Waals surface area (Å²) >= 11 is 11.9. The quantitative estimate of drug-likeness (QED) is 0.804. The minimum atomic E-state index is -0.994. The molecule has 0 fully saturated rings. The van der Waals surface area contributed by atoms with E-state index in [-0.39, 0.29) is 24.2 Å². The van der Waals surface area contributed by atoms with Crippen LogP contribution in [0.1, 0.15) is 11.1 Å². The number of hydrogen-bond acceptors (Lipinski definition) is 1. The molecule has 0 aliphatic heterocycles. The average molecular weight is 315 g/mol. The maximum Gasteiger partial charge on any atom is 0.162 e. The van der Waals surface area contributed by atoms with Gasteiger partial charge in [0.2, 0.25) is 0 Å². The van der Waals surface area contributed by atoms with Gasteiger partial charge in [0.15, 0.2) is 11.6 Å². The minimum Gasteiger partial charge on any atom is -0.299 e. The van der Waals surface area contributed by atoms with Crippen molar-refractivity contribution in [3.8, 4) is 0 Å². The van der Waals surface area contributed by atoms with Gasteiger partial charge in [-0.2, -0.15) is 0 Å². The molecule has 5 heteroatoms. The fourth-order valence-corrected chi connectivity index (χ4v) is 2.39. The minimum absolute atomic E-state index is 0.0194. The first kappa shape index (κ1) is 14.9. The first-order valence-corrected chi connectivity index (χ1v) is 6.62. The number of Topliss-reactive ketones (excluding diaryl/α,β-unsaturated/α-hetero) is 1. The maximum atomic E-state index is 13.5. The Hall–Kier alpha value is -1.45. The van der Waals surface area contributed by atoms with Crippen LogP contribution in [0.15, 0.2) is 36.4 Å². The first-order valence-electron chi connectivity index (χ1n) is 5.86. The number of carbonyl (C=O) groups is 1. The molecule has 0 aliphatic carbocycles. The Balaban J connectivity index is 2.16. The molecule has 0 amide bonds. The molecular weight excluding hydrogens is 305 g/mol. The standard InChI is InChI=1S/C15H10Cl2F2O/c16-12-4-2-5-13(17)11(12)8-10(20)7-9-3-1-6-14(18)15(9)19/h1-6H,7-8H2. The van der Waals surface area contributed by atoms with Crippen molar-refractivity contribution in [1.29, 1.82) is 0 Å². The van der Waals surface area contributed by atoms with Gasteiger partial charge in [0.1, 0.15) is 5.78 Å². The largest absolute Gasteiger partial charge is 0.299 e. The molecule has 0 N–H and O–H groups in total. The van der Waals surface area contributed by atoms with Crippen LogP contribution in [-0.4, -0.2) is 5.78 Å². The SMILES string of the molecule is O=C(Cc1cccc(F)c1F)Cc1c(Cl)cccc1Cl. The second-order valence-corrected chi connectivity index (χ2v) is 5.12. The first-order chi connectivity index (χ1) is 9.49. The fourth-order valence-electron chi connectivity index (χ4n) is 1.86. The van der Waals surface area contributed by atoms with Crippen molar-refractivity contribution in [3.63, 3.8) is 0 Å². The third-order valence-corrected chi connectivity index (χ3v) is 3.56. The van der Waals surface area contributed by atoms with Crippen LogP contribution in [0.2, 0.25) is 10.0 Å². The highest BCUT2D eigenvalue weighted by atomic mass is 35.5. The Bertz CT molecular complexity index is 636. The van der Waals surface area contributed by atoms with E-state index in [0.29, 0.717) is 15.6 Å². The van der Waals surface area contributed by atoms with E-state index in [2.05, 4.69) is 0 Å². The molecule has 0 bridgehead atoms. The lowest BCUT2D eigenvalue weighted by Gasteiger charge is -2.07. The van der Waals surface area contributed by atoms with E-state index < -0.39 is 11.6 Å². The number of hydrogen-bond donors (Lipinski definition) is 0. The molecule has 0 atom stereocenters. The molecule has 20 heavy (non-hydrogen) atoms. The molecular formula is C15H10Cl2F2O. The molecule has 0 aliphatic rings. The number of carbonyl (C=O) groups excluding carboxylic acids is 1. The Kier molecular flexibility index (Phi) is 4.73. The van der Waals surface area contributed by atoms with Crippen LogP contribution in [0, 0.1) is 11.6 Å². The highest BCUT2D eigenvalue weighted by Gasteiger charge is 2.14. The third kappa shape index (κ3) is 3.35. The molecule has 0 saturated carbocycles. The van der Waals surface area contributed by atoms with Crippen LogP contribution in [-0.2, 0) is 17.6 Å². The van der Waals surface area contributed by atoms with Gasteiger partial charge < -0.3 is 0 Å². The molecule has 0 saturated heterocycles. The van der Waals surface area contributed by atoms with Crippen LogP contribution < -0.4 is 0 Å². The van der Waals surface area contributed by atoms with Crippen LogP contribution in [0.5, 0.6) is 0 Å². The van der Waals surface area contributed by atoms with Gasteiger partial charge in [0.05, 0.1) is 0 Å². The zero-order valence-corrected chi connectivity index (χ0v) is 11.8. The molecule has 2 aromatic carbocycles. The van der Waals surface area contributed by atoms with E-state index in [1.54, 1.807) is 18.2 Å². The average Bonchev–Trinajstić information content (AvgIpc) is 2.39. The summed E-state index contributed by atoms with van der Waals surface area (Å²) in [5, 5.41) is 0.760. The van der Waals surface area contributed by atoms with Crippen molar-refractivity contribution < 1.29 is 13.6 Å². The maximum absolute atomic E-state index is 13.5. The zero-order valence-electron chi connectivity index (χ0n) is 10.3. The van der Waals surface area contributed by atoms with Crippen molar-refractivity contribution in [2.75, 3.05) is 0 Å². The predicted molar refractivity (Wildman–Crippen MR) is 75.2 cm³/mol. The predicted octanol–water partition coefficient (Wildman–Crippen LogP) is 4.63. The summed E-state index contributed by atoms with van der Waals surface area (Å²) in [5.74, 6) is -2.25. The molecule has 0 unspecified atom stereocenters. The van der Waals surface area contributed by atoms with E-state index in [1.165, 1.54) is 12.1 Å². The summed E-state index contributed by atoms with van der Waals surface area (Å²) in [4.78, 5) is 11.9. The zero-order chi connectivity index (χ0) is 14.7. The smallest absolute Gasteiger partial charge is 0.162 e. The topological polar surface area (TPSA) is 17.1 Å². The van der Waals surface area contributed by atoms with Gasteiger partial charge in [-0.1, -0.05) is 41.4 Å². The summed E-state index contributed by atoms with van der Waals surface area (Å²) in [7, 11) is 0. The van der Waals surface area contributed by atoms with Crippen molar-refractivity contribution >= 4 is 29.0 Å². The Morgan fingerprint density at radius 3 is 2.20 bits per heavy atom. The van der Waals surface area contributed by atoms with Gasteiger partial charge in [0, 0.05) is 22.9 Å². The lowest BCUT2D eigenvalue weighted by molar-refractivity contribution is -0.117. The third-order valence-electron chi connectivity index (χ3n) is 2.85. The Labute approximate surface area is 125 Å². The van der Waals surface area contributed by atoms with Gasteiger partial charge in [0.25, 0.3) is 0 Å². The Morgan fingerprint density at radius 1 is 0.950 bits per heavy atom. The van der Waals surface area contributed by atoms with Gasteiger partial charge >= 0.3 is 0 Å². The van der Waals surface area contributed by atoms with Crippen LogP contribution in [0.25, 0.3) is 0 Å². The number of rotatable bonds is 4. The molecule has 2 aromatic rings. The van der Waals surface area contributed by atoms with E-state index in [1.807, 2.05) is 0 Å². The fraction of sp³-hybridized carbons (Fsp3) is 0.133. The van der Waals surface area contributed by atoms with Gasteiger partial charge in [-0.05, 0) is 29.3 Å². The second-order valence-electron chi connectivity index (χ2n) is 4.31. The second kappa shape index (κ2) is 6.33. The van der Waals surface area contributed by atoms with Crippen LogP contribution in [0.3, 0.4) is 0 Å². The van der Waals surface area contributed by atoms with Gasteiger partial charge in [-0.15, -0.1) is 0 Å². The molecule has 0 heterocycles. The molecule has 1 nitrogen and oxygen atoms in total. The number of halogens is 4. The molecule has 2 rings (SSSR count). The van der Waals surface area contributed by atoms with Gasteiger partial charge in [-0.3, -0.25) is 4.79 Å². The summed E-state index contributed by atoms with van der Waals surface area (Å²) in [6, 6.07) is 8.67. The monoisotopic (exact) mass is 314 g/mol. The lowest BCUT2D eigenvalue weighted by atomic mass is 10.0. The number of ketones is 1. The van der Waals surface area contributed by atoms with Crippen molar-refractivity contribution in [1.82, 2.24) is 0 Å². The van der Waals surface area contributed by atoms with Crippen molar-refractivity contribution in [2.45, 2.75) is 12.8 Å². The molecule has 0 radical (unpaired) electrons. The molecule has 104 valence electrons. The van der Waals surface area contributed by atoms with E-state index in [9.17, 15) is 13.6 Å². The molecule has 0 spiro atoms. The van der Waals surface area contributed by atoms with Crippen molar-refractivity contribution in [3.05, 3.63) is 69.2 Å². The summed E-state index contributed by atoms with van der Waals surface area (Å²) < 4.78 is 26.5. The Morgan fingerprint density at radius 2 is 1.55 bits per heavy atom. The highest BCUT2D eigenvalue weighted by Crippen LogP contribution is 2.25. The number of benzene rings is 2. The van der Waals surface area contributed by atoms with Gasteiger partial charge in [-0.25, -0.2) is 8.78 Å². The van der Waals surface area contributed by atoms with E-state index in [4.69, 9.17) is 23.2 Å². The normalized spacial score (nSPS) is 10.6. The van der Waals surface area contributed by atoms with Crippen molar-refractivity contribution in [2.24, 2.45) is 0 Å². The highest BCUT2D eigenvalue weighted by molar-refractivity contribution is 6.36. The van der Waals surface area contributed by atoms with Crippen LogP contribution in [0.4, 0.5) is 8.78 Å². The van der Waals surface area contributed by atoms with E-state index in [0.717, 1.165) is 6.07 Å². The summed E-state index contributed by atoms with van der Waals surface area (Å²) in [6.45, 7) is 0. The summed E-state index contributed by atoms with van der Waals surface area (Å²) in [5.41, 5.74) is 0.524. The lowest BCUT2D eigenvalue weighted by Crippen LogP contribution is -2.09. The molecule has 0 aromatic heterocycles. The van der Waals surface area contributed by atoms with Crippen LogP contribution >= 0.6 is 23.2 Å². The summed E-state index contributed by atoms with van der Waals surface area (Å²) in [6.07, 6.45) is -0.223.